The van der Waals surface area contributed by atoms with E-state index in [1.54, 1.807) is 7.11 Å². The van der Waals surface area contributed by atoms with Gasteiger partial charge in [-0.2, -0.15) is 0 Å². The average molecular weight is 243 g/mol. The number of ether oxygens (including phenoxy) is 1. The molecule has 0 aliphatic rings. The Morgan fingerprint density at radius 3 is 2.50 bits per heavy atom. The molecule has 0 fully saturated rings. The minimum atomic E-state index is 0.210. The molecule has 0 aliphatic carbocycles. The van der Waals surface area contributed by atoms with E-state index in [0.717, 1.165) is 12.0 Å². The van der Waals surface area contributed by atoms with Crippen LogP contribution in [-0.4, -0.2) is 18.8 Å². The van der Waals surface area contributed by atoms with E-state index in [-0.39, 0.29) is 12.5 Å². The molecule has 0 aromatic heterocycles. The van der Waals surface area contributed by atoms with Gasteiger partial charge in [0.25, 0.3) is 0 Å². The van der Waals surface area contributed by atoms with E-state index in [0.29, 0.717) is 16.7 Å². The molecule has 0 saturated carbocycles. The summed E-state index contributed by atoms with van der Waals surface area (Å²) in [6.07, 6.45) is 0.845. The number of hydrogen-bond acceptors (Lipinski definition) is 2. The van der Waals surface area contributed by atoms with Crippen molar-refractivity contribution in [2.75, 3.05) is 13.7 Å². The van der Waals surface area contributed by atoms with Gasteiger partial charge < -0.3 is 9.84 Å². The summed E-state index contributed by atoms with van der Waals surface area (Å²) in [5.41, 5.74) is 1.14. The molecule has 0 spiro atoms. The Morgan fingerprint density at radius 2 is 2.06 bits per heavy atom. The van der Waals surface area contributed by atoms with Crippen LogP contribution in [0, 0.1) is 11.8 Å². The normalized spacial score (nSPS) is 12.9. The molecule has 0 amide bonds. The maximum Gasteiger partial charge on any atom is 0.137 e. The van der Waals surface area contributed by atoms with Gasteiger partial charge in [0.05, 0.1) is 12.1 Å². The summed E-state index contributed by atoms with van der Waals surface area (Å²) in [6.45, 7) is 4.44. The molecule has 0 radical (unpaired) electrons. The summed E-state index contributed by atoms with van der Waals surface area (Å²) in [5.74, 6) is 1.44. The second-order valence-corrected chi connectivity index (χ2v) is 4.77. The maximum atomic E-state index is 9.27. The highest BCUT2D eigenvalue weighted by atomic mass is 35.5. The van der Waals surface area contributed by atoms with Crippen molar-refractivity contribution in [3.8, 4) is 5.75 Å². The molecule has 2 nitrogen and oxygen atoms in total. The fourth-order valence-electron chi connectivity index (χ4n) is 1.65. The molecule has 0 aliphatic heterocycles. The van der Waals surface area contributed by atoms with Crippen LogP contribution in [0.2, 0.25) is 5.02 Å². The number of hydrogen-bond donors (Lipinski definition) is 1. The van der Waals surface area contributed by atoms with Gasteiger partial charge in [-0.05, 0) is 36.0 Å². The average Bonchev–Trinajstić information content (AvgIpc) is 2.25. The Labute approximate surface area is 102 Å². The van der Waals surface area contributed by atoms with Gasteiger partial charge in [-0.1, -0.05) is 31.5 Å². The third kappa shape index (κ3) is 3.39. The second-order valence-electron chi connectivity index (χ2n) is 4.36. The molecule has 1 N–H and O–H groups in total. The summed E-state index contributed by atoms with van der Waals surface area (Å²) in [5, 5.41) is 9.90. The van der Waals surface area contributed by atoms with Crippen molar-refractivity contribution in [3.05, 3.63) is 28.8 Å². The van der Waals surface area contributed by atoms with Gasteiger partial charge in [0.15, 0.2) is 0 Å². The van der Waals surface area contributed by atoms with Crippen LogP contribution in [0.4, 0.5) is 0 Å². The standard InChI is InChI=1S/C13H19ClO2/c1-9(2)11(8-15)6-10-4-5-13(16-3)12(14)7-10/h4-5,7,9,11,15H,6,8H2,1-3H3. The minimum absolute atomic E-state index is 0.210. The Hall–Kier alpha value is -0.730. The van der Waals surface area contributed by atoms with Gasteiger partial charge in [-0.25, -0.2) is 0 Å². The number of benzene rings is 1. The van der Waals surface area contributed by atoms with Crippen molar-refractivity contribution < 1.29 is 9.84 Å². The van der Waals surface area contributed by atoms with E-state index < -0.39 is 0 Å². The number of aliphatic hydroxyl groups is 1. The maximum absolute atomic E-state index is 9.27. The van der Waals surface area contributed by atoms with Crippen LogP contribution in [0.15, 0.2) is 18.2 Å². The van der Waals surface area contributed by atoms with Gasteiger partial charge in [0.2, 0.25) is 0 Å². The Kier molecular flexibility index (Phi) is 5.10. The van der Waals surface area contributed by atoms with Gasteiger partial charge >= 0.3 is 0 Å². The van der Waals surface area contributed by atoms with Gasteiger partial charge in [-0.15, -0.1) is 0 Å². The minimum Gasteiger partial charge on any atom is -0.495 e. The van der Waals surface area contributed by atoms with Crippen LogP contribution in [-0.2, 0) is 6.42 Å². The summed E-state index contributed by atoms with van der Waals surface area (Å²) < 4.78 is 5.10. The lowest BCUT2D eigenvalue weighted by Crippen LogP contribution is -2.16. The first-order chi connectivity index (χ1) is 7.58. The zero-order valence-electron chi connectivity index (χ0n) is 10.0. The Morgan fingerprint density at radius 1 is 1.38 bits per heavy atom. The summed E-state index contributed by atoms with van der Waals surface area (Å²) in [7, 11) is 1.60. The lowest BCUT2D eigenvalue weighted by atomic mass is 9.90. The number of halogens is 1. The van der Waals surface area contributed by atoms with Crippen molar-refractivity contribution in [1.82, 2.24) is 0 Å². The lowest BCUT2D eigenvalue weighted by Gasteiger charge is -2.18. The second kappa shape index (κ2) is 6.12. The van der Waals surface area contributed by atoms with Crippen LogP contribution in [0.3, 0.4) is 0 Å². The van der Waals surface area contributed by atoms with Crippen molar-refractivity contribution >= 4 is 11.6 Å². The molecular weight excluding hydrogens is 224 g/mol. The quantitative estimate of drug-likeness (QED) is 0.860. The van der Waals surface area contributed by atoms with Crippen LogP contribution in [0.5, 0.6) is 5.75 Å². The first-order valence-corrected chi connectivity index (χ1v) is 5.89. The molecule has 0 bridgehead atoms. The molecule has 1 unspecified atom stereocenters. The van der Waals surface area contributed by atoms with Crippen LogP contribution in [0.1, 0.15) is 19.4 Å². The van der Waals surface area contributed by atoms with Crippen molar-refractivity contribution in [2.24, 2.45) is 11.8 Å². The molecule has 16 heavy (non-hydrogen) atoms. The first-order valence-electron chi connectivity index (χ1n) is 5.51. The Bertz CT molecular complexity index is 337. The molecule has 1 aromatic carbocycles. The van der Waals surface area contributed by atoms with E-state index in [4.69, 9.17) is 16.3 Å². The van der Waals surface area contributed by atoms with E-state index in [2.05, 4.69) is 13.8 Å². The molecule has 3 heteroatoms. The molecule has 1 aromatic rings. The molecule has 0 saturated heterocycles. The molecule has 90 valence electrons. The topological polar surface area (TPSA) is 29.5 Å². The highest BCUT2D eigenvalue weighted by molar-refractivity contribution is 6.32. The number of aliphatic hydroxyl groups excluding tert-OH is 1. The van der Waals surface area contributed by atoms with Crippen LogP contribution < -0.4 is 4.74 Å². The molecule has 0 heterocycles. The first kappa shape index (κ1) is 13.3. The van der Waals surface area contributed by atoms with Crippen LogP contribution >= 0.6 is 11.6 Å². The molecule has 1 atom stereocenters. The van der Waals surface area contributed by atoms with E-state index >= 15 is 0 Å². The van der Waals surface area contributed by atoms with Gasteiger partial charge in [-0.3, -0.25) is 0 Å². The zero-order chi connectivity index (χ0) is 12.1. The third-order valence-corrected chi connectivity index (χ3v) is 3.19. The van der Waals surface area contributed by atoms with Crippen molar-refractivity contribution in [1.29, 1.82) is 0 Å². The largest absolute Gasteiger partial charge is 0.495 e. The monoisotopic (exact) mass is 242 g/mol. The predicted molar refractivity (Wildman–Crippen MR) is 67.1 cm³/mol. The highest BCUT2D eigenvalue weighted by Gasteiger charge is 2.13. The van der Waals surface area contributed by atoms with E-state index in [1.807, 2.05) is 18.2 Å². The highest BCUT2D eigenvalue weighted by Crippen LogP contribution is 2.27. The van der Waals surface area contributed by atoms with Crippen molar-refractivity contribution in [2.45, 2.75) is 20.3 Å². The SMILES string of the molecule is COc1ccc(CC(CO)C(C)C)cc1Cl. The molecule has 1 rings (SSSR count). The predicted octanol–water partition coefficient (Wildman–Crippen LogP) is 3.16. The number of rotatable bonds is 5. The van der Waals surface area contributed by atoms with E-state index in [9.17, 15) is 5.11 Å². The third-order valence-electron chi connectivity index (χ3n) is 2.89. The fraction of sp³-hybridized carbons (Fsp3) is 0.538. The lowest BCUT2D eigenvalue weighted by molar-refractivity contribution is 0.189. The number of methoxy groups -OCH3 is 1. The van der Waals surface area contributed by atoms with Gasteiger partial charge in [0.1, 0.15) is 5.75 Å². The molecular formula is C13H19ClO2. The van der Waals surface area contributed by atoms with Gasteiger partial charge in [0, 0.05) is 6.61 Å². The zero-order valence-corrected chi connectivity index (χ0v) is 10.8. The fourth-order valence-corrected chi connectivity index (χ4v) is 1.93. The summed E-state index contributed by atoms with van der Waals surface area (Å²) in [4.78, 5) is 0. The van der Waals surface area contributed by atoms with E-state index in [1.165, 1.54) is 0 Å². The smallest absolute Gasteiger partial charge is 0.137 e. The Balaban J connectivity index is 2.78. The summed E-state index contributed by atoms with van der Waals surface area (Å²) >= 11 is 6.05. The summed E-state index contributed by atoms with van der Waals surface area (Å²) in [6, 6.07) is 5.77. The van der Waals surface area contributed by atoms with Crippen LogP contribution in [0.25, 0.3) is 0 Å². The van der Waals surface area contributed by atoms with Crippen molar-refractivity contribution in [3.63, 3.8) is 0 Å².